The fourth-order valence-corrected chi connectivity index (χ4v) is 4.88. The van der Waals surface area contributed by atoms with Crippen molar-refractivity contribution in [1.29, 1.82) is 0 Å². The molecule has 6 rings (SSSR count). The zero-order chi connectivity index (χ0) is 29.8. The molecule has 1 aromatic heterocycles. The van der Waals surface area contributed by atoms with Crippen LogP contribution in [-0.4, -0.2) is 26.3 Å². The van der Waals surface area contributed by atoms with Crippen molar-refractivity contribution >= 4 is 29.3 Å². The maximum Gasteiger partial charge on any atom is 0.283 e. The lowest BCUT2D eigenvalue weighted by Crippen LogP contribution is -2.41. The van der Waals surface area contributed by atoms with Crippen molar-refractivity contribution in [2.45, 2.75) is 0 Å². The molecule has 1 aliphatic rings. The molecule has 8 nitrogen and oxygen atoms in total. The highest BCUT2D eigenvalue weighted by molar-refractivity contribution is 6.36. The maximum atomic E-state index is 13.5. The molecule has 1 aliphatic heterocycles. The molecular formula is C35H26N4O4. The number of allylic oxidation sites excluding steroid dienone is 4. The fraction of sp³-hybridized carbons (Fsp3) is 0. The second-order valence-electron chi connectivity index (χ2n) is 9.57. The van der Waals surface area contributed by atoms with Crippen molar-refractivity contribution in [3.05, 3.63) is 167 Å². The van der Waals surface area contributed by atoms with Gasteiger partial charge in [0.15, 0.2) is 0 Å². The van der Waals surface area contributed by atoms with Gasteiger partial charge < -0.3 is 5.11 Å². The van der Waals surface area contributed by atoms with Gasteiger partial charge in [-0.2, -0.15) is 0 Å². The lowest BCUT2D eigenvalue weighted by molar-refractivity contribution is -0.116. The summed E-state index contributed by atoms with van der Waals surface area (Å²) in [5, 5.41) is 13.8. The summed E-state index contributed by atoms with van der Waals surface area (Å²) in [5.41, 5.74) is 2.00. The molecule has 0 radical (unpaired) electrons. The summed E-state index contributed by atoms with van der Waals surface area (Å²) in [6, 6.07) is 36.1. The van der Waals surface area contributed by atoms with E-state index in [0.717, 1.165) is 0 Å². The van der Waals surface area contributed by atoms with Crippen LogP contribution in [0.25, 0.3) is 17.5 Å². The highest BCUT2D eigenvalue weighted by Gasteiger charge is 2.42. The molecule has 0 unspecified atom stereocenters. The number of nitrogens with zero attached hydrogens (tertiary/aromatic N) is 4. The number of anilines is 2. The Labute approximate surface area is 247 Å². The number of aromatic nitrogens is 2. The predicted octanol–water partition coefficient (Wildman–Crippen LogP) is 5.82. The highest BCUT2D eigenvalue weighted by Crippen LogP contribution is 2.31. The fourth-order valence-electron chi connectivity index (χ4n) is 4.88. The van der Waals surface area contributed by atoms with Gasteiger partial charge in [0.2, 0.25) is 5.88 Å². The summed E-state index contributed by atoms with van der Waals surface area (Å²) in [6.45, 7) is 0. The average molecular weight is 567 g/mol. The number of carbonyl (C=O) groups excluding carboxylic acids is 2. The summed E-state index contributed by atoms with van der Waals surface area (Å²) in [6.07, 6.45) is 7.67. The van der Waals surface area contributed by atoms with Crippen LogP contribution in [0.1, 0.15) is 5.56 Å². The quantitative estimate of drug-likeness (QED) is 0.153. The summed E-state index contributed by atoms with van der Waals surface area (Å²) in [5.74, 6) is -1.14. The summed E-state index contributed by atoms with van der Waals surface area (Å²) >= 11 is 0. The zero-order valence-corrected chi connectivity index (χ0v) is 22.9. The van der Waals surface area contributed by atoms with E-state index in [9.17, 15) is 19.5 Å². The Bertz CT molecular complexity index is 1860. The summed E-state index contributed by atoms with van der Waals surface area (Å²) in [7, 11) is 0. The third kappa shape index (κ3) is 5.09. The first kappa shape index (κ1) is 27.0. The Hall–Kier alpha value is -6.15. The predicted molar refractivity (Wildman–Crippen MR) is 167 cm³/mol. The van der Waals surface area contributed by atoms with Crippen LogP contribution in [-0.2, 0) is 9.59 Å². The Kier molecular flexibility index (Phi) is 7.39. The van der Waals surface area contributed by atoms with Crippen LogP contribution in [0.3, 0.4) is 0 Å². The van der Waals surface area contributed by atoms with E-state index >= 15 is 0 Å². The van der Waals surface area contributed by atoms with E-state index in [2.05, 4.69) is 0 Å². The molecule has 0 bridgehead atoms. The van der Waals surface area contributed by atoms with Gasteiger partial charge in [0, 0.05) is 0 Å². The number of aromatic hydroxyl groups is 1. The standard InChI is InChI=1S/C35H26N4O4/c40-32-30(33(41)37(27-18-8-2-9-19-27)36(32)26-16-6-1-7-17-26)24-14-5-15-25-31-34(42)38(28-20-10-3-11-21-28)39(35(31)43)29-22-12-4-13-23-29/h1-25,40H. The minimum Gasteiger partial charge on any atom is -0.493 e. The van der Waals surface area contributed by atoms with Crippen molar-refractivity contribution in [3.63, 3.8) is 0 Å². The molecule has 0 spiro atoms. The van der Waals surface area contributed by atoms with Crippen LogP contribution < -0.4 is 15.6 Å². The van der Waals surface area contributed by atoms with E-state index in [1.807, 2.05) is 48.5 Å². The van der Waals surface area contributed by atoms with Crippen LogP contribution in [0.2, 0.25) is 0 Å². The Morgan fingerprint density at radius 3 is 1.37 bits per heavy atom. The van der Waals surface area contributed by atoms with Gasteiger partial charge in [0.1, 0.15) is 11.1 Å². The SMILES string of the molecule is O=C1C(=CC=CC=Cc2c(O)n(-c3ccccc3)n(-c3ccccc3)c2=O)C(=O)N(c2ccccc2)N1c1ccccc1. The maximum absolute atomic E-state index is 13.5. The van der Waals surface area contributed by atoms with Crippen LogP contribution >= 0.6 is 0 Å². The van der Waals surface area contributed by atoms with Crippen LogP contribution in [0.5, 0.6) is 5.88 Å². The monoisotopic (exact) mass is 566 g/mol. The van der Waals surface area contributed by atoms with E-state index in [1.165, 1.54) is 31.5 Å². The smallest absolute Gasteiger partial charge is 0.283 e. The summed E-state index contributed by atoms with van der Waals surface area (Å²) < 4.78 is 2.86. The molecule has 2 heterocycles. The third-order valence-corrected chi connectivity index (χ3v) is 6.86. The lowest BCUT2D eigenvalue weighted by atomic mass is 10.2. The first-order chi connectivity index (χ1) is 21.1. The molecule has 1 N–H and O–H groups in total. The van der Waals surface area contributed by atoms with Crippen molar-refractivity contribution < 1.29 is 14.7 Å². The van der Waals surface area contributed by atoms with Gasteiger partial charge in [-0.05, 0) is 60.7 Å². The Morgan fingerprint density at radius 1 is 0.488 bits per heavy atom. The van der Waals surface area contributed by atoms with Crippen molar-refractivity contribution in [3.8, 4) is 17.3 Å². The minimum atomic E-state index is -0.461. The first-order valence-electron chi connectivity index (χ1n) is 13.6. The largest absolute Gasteiger partial charge is 0.493 e. The van der Waals surface area contributed by atoms with Gasteiger partial charge >= 0.3 is 0 Å². The van der Waals surface area contributed by atoms with E-state index in [0.29, 0.717) is 22.7 Å². The molecule has 5 aromatic rings. The number of hydrogen-bond acceptors (Lipinski definition) is 4. The molecule has 0 saturated carbocycles. The Balaban J connectivity index is 1.32. The number of benzene rings is 4. The normalized spacial score (nSPS) is 13.5. The second kappa shape index (κ2) is 11.8. The van der Waals surface area contributed by atoms with Crippen molar-refractivity contribution in [1.82, 2.24) is 9.36 Å². The molecule has 43 heavy (non-hydrogen) atoms. The zero-order valence-electron chi connectivity index (χ0n) is 22.9. The molecule has 0 atom stereocenters. The number of hydrazine groups is 1. The van der Waals surface area contributed by atoms with Gasteiger partial charge in [-0.3, -0.25) is 14.4 Å². The molecule has 0 aliphatic carbocycles. The van der Waals surface area contributed by atoms with Crippen LogP contribution in [0.4, 0.5) is 11.4 Å². The molecule has 1 saturated heterocycles. The number of para-hydroxylation sites is 4. The van der Waals surface area contributed by atoms with Gasteiger partial charge in [-0.1, -0.05) is 91.0 Å². The van der Waals surface area contributed by atoms with Crippen molar-refractivity contribution in [2.24, 2.45) is 0 Å². The van der Waals surface area contributed by atoms with Crippen molar-refractivity contribution in [2.75, 3.05) is 10.0 Å². The van der Waals surface area contributed by atoms with E-state index < -0.39 is 17.4 Å². The molecular weight excluding hydrogens is 540 g/mol. The minimum absolute atomic E-state index is 0.0122. The van der Waals surface area contributed by atoms with Gasteiger partial charge in [-0.25, -0.2) is 19.4 Å². The molecule has 8 heteroatoms. The number of amides is 2. The number of hydrogen-bond donors (Lipinski definition) is 1. The average Bonchev–Trinajstić information content (AvgIpc) is 3.46. The van der Waals surface area contributed by atoms with E-state index in [1.54, 1.807) is 91.0 Å². The highest BCUT2D eigenvalue weighted by atomic mass is 16.3. The number of carbonyl (C=O) groups is 2. The molecule has 2 amide bonds. The van der Waals surface area contributed by atoms with Gasteiger partial charge in [-0.15, -0.1) is 0 Å². The topological polar surface area (TPSA) is 87.8 Å². The molecule has 1 fully saturated rings. The van der Waals surface area contributed by atoms with E-state index in [-0.39, 0.29) is 17.0 Å². The van der Waals surface area contributed by atoms with Gasteiger partial charge in [0.05, 0.1) is 22.7 Å². The van der Waals surface area contributed by atoms with E-state index in [4.69, 9.17) is 0 Å². The molecule has 210 valence electrons. The molecule has 4 aromatic carbocycles. The Morgan fingerprint density at radius 2 is 0.907 bits per heavy atom. The second-order valence-corrected chi connectivity index (χ2v) is 9.57. The first-order valence-corrected chi connectivity index (χ1v) is 13.6. The van der Waals surface area contributed by atoms with Gasteiger partial charge in [0.25, 0.3) is 17.4 Å². The number of rotatable bonds is 7. The van der Waals surface area contributed by atoms with Crippen LogP contribution in [0, 0.1) is 0 Å². The van der Waals surface area contributed by atoms with Crippen LogP contribution in [0.15, 0.2) is 156 Å². The lowest BCUT2D eigenvalue weighted by Gasteiger charge is -2.27. The third-order valence-electron chi connectivity index (χ3n) is 6.86. The summed E-state index contributed by atoms with van der Waals surface area (Å²) in [4.78, 5) is 40.4.